The average molecular weight is 315 g/mol. The third kappa shape index (κ3) is 2.41. The smallest absolute Gasteiger partial charge is 0.260 e. The minimum absolute atomic E-state index is 0.0419. The molecule has 1 fully saturated rings. The van der Waals surface area contributed by atoms with Crippen molar-refractivity contribution < 1.29 is 8.42 Å². The second kappa shape index (κ2) is 4.99. The molecule has 0 radical (unpaired) electrons. The van der Waals surface area contributed by atoms with Crippen LogP contribution < -0.4 is 10.5 Å². The van der Waals surface area contributed by atoms with Gasteiger partial charge in [0.25, 0.3) is 10.0 Å². The Balaban J connectivity index is 1.88. The van der Waals surface area contributed by atoms with E-state index in [1.54, 1.807) is 11.6 Å². The van der Waals surface area contributed by atoms with Gasteiger partial charge in [-0.05, 0) is 33.0 Å². The first-order chi connectivity index (χ1) is 9.47. The van der Waals surface area contributed by atoms with Crippen LogP contribution in [0.15, 0.2) is 16.6 Å². The molecule has 0 spiro atoms. The summed E-state index contributed by atoms with van der Waals surface area (Å²) >= 11 is 1.36. The number of aromatic nitrogens is 2. The summed E-state index contributed by atoms with van der Waals surface area (Å²) in [6.45, 7) is 1.78. The van der Waals surface area contributed by atoms with Crippen LogP contribution in [-0.4, -0.2) is 48.9 Å². The minimum atomic E-state index is -3.65. The summed E-state index contributed by atoms with van der Waals surface area (Å²) in [5, 5.41) is 1.84. The van der Waals surface area contributed by atoms with Crippen LogP contribution in [0.25, 0.3) is 4.96 Å². The summed E-state index contributed by atoms with van der Waals surface area (Å²) < 4.78 is 29.3. The van der Waals surface area contributed by atoms with Gasteiger partial charge in [0.15, 0.2) is 15.8 Å². The highest BCUT2D eigenvalue weighted by Crippen LogP contribution is 2.24. The van der Waals surface area contributed by atoms with Crippen LogP contribution in [0.3, 0.4) is 0 Å². The topological polar surface area (TPSA) is 92.7 Å². The molecule has 3 N–H and O–H groups in total. The van der Waals surface area contributed by atoms with Gasteiger partial charge >= 0.3 is 0 Å². The van der Waals surface area contributed by atoms with E-state index in [1.165, 1.54) is 15.7 Å². The fourth-order valence-electron chi connectivity index (χ4n) is 2.45. The van der Waals surface area contributed by atoms with Crippen molar-refractivity contribution in [3.8, 4) is 0 Å². The lowest BCUT2D eigenvalue weighted by Gasteiger charge is -2.29. The Bertz CT molecular complexity index is 712. The number of hydrogen-bond acceptors (Lipinski definition) is 6. The maximum Gasteiger partial charge on any atom is 0.260 e. The molecule has 0 atom stereocenters. The lowest BCUT2D eigenvalue weighted by atomic mass is 10.1. The molecular formula is C11H17N5O2S2. The molecule has 0 aliphatic carbocycles. The normalized spacial score (nSPS) is 18.9. The first kappa shape index (κ1) is 13.8. The fraction of sp³-hybridized carbons (Fsp3) is 0.545. The van der Waals surface area contributed by atoms with Crippen LogP contribution in [0.5, 0.6) is 0 Å². The van der Waals surface area contributed by atoms with E-state index >= 15 is 0 Å². The van der Waals surface area contributed by atoms with E-state index in [4.69, 9.17) is 5.73 Å². The van der Waals surface area contributed by atoms with Gasteiger partial charge in [-0.1, -0.05) is 0 Å². The Labute approximate surface area is 121 Å². The second-order valence-electron chi connectivity index (χ2n) is 5.06. The number of likely N-dealkylation sites (tertiary alicyclic amines) is 1. The Morgan fingerprint density at radius 3 is 2.85 bits per heavy atom. The standard InChI is InChI=1S/C11H17N5O2S2/c1-15-4-2-8(3-5-15)14-20(17,18)10-9(12)13-11-16(10)6-7-19-11/h6-8,14H,2-5,12H2,1H3. The van der Waals surface area contributed by atoms with Crippen molar-refractivity contribution in [2.24, 2.45) is 0 Å². The number of imidazole rings is 1. The maximum atomic E-state index is 12.5. The summed E-state index contributed by atoms with van der Waals surface area (Å²) in [4.78, 5) is 6.86. The monoisotopic (exact) mass is 315 g/mol. The number of nitrogens with zero attached hydrogens (tertiary/aromatic N) is 3. The van der Waals surface area contributed by atoms with Gasteiger partial charge in [-0.3, -0.25) is 4.40 Å². The highest BCUT2D eigenvalue weighted by atomic mass is 32.2. The molecule has 1 saturated heterocycles. The molecule has 0 saturated carbocycles. The lowest BCUT2D eigenvalue weighted by molar-refractivity contribution is 0.248. The number of fused-ring (bicyclic) bond motifs is 1. The SMILES string of the molecule is CN1CCC(NS(=O)(=O)c2c(N)nc3sccn23)CC1. The molecule has 2 aromatic heterocycles. The molecule has 3 rings (SSSR count). The van der Waals surface area contributed by atoms with Gasteiger partial charge in [-0.15, -0.1) is 11.3 Å². The Kier molecular flexibility index (Phi) is 3.44. The fourth-order valence-corrected chi connectivity index (χ4v) is 4.74. The quantitative estimate of drug-likeness (QED) is 0.852. The molecular weight excluding hydrogens is 298 g/mol. The number of rotatable bonds is 3. The number of sulfonamides is 1. The van der Waals surface area contributed by atoms with E-state index in [-0.39, 0.29) is 16.9 Å². The Hall–Kier alpha value is -1.16. The number of piperidine rings is 1. The lowest BCUT2D eigenvalue weighted by Crippen LogP contribution is -2.43. The van der Waals surface area contributed by atoms with E-state index in [0.717, 1.165) is 25.9 Å². The van der Waals surface area contributed by atoms with Gasteiger partial charge in [-0.2, -0.15) is 0 Å². The van der Waals surface area contributed by atoms with Crippen molar-refractivity contribution in [1.29, 1.82) is 0 Å². The highest BCUT2D eigenvalue weighted by molar-refractivity contribution is 7.89. The van der Waals surface area contributed by atoms with Crippen molar-refractivity contribution in [3.63, 3.8) is 0 Å². The summed E-state index contributed by atoms with van der Waals surface area (Å²) in [5.41, 5.74) is 5.76. The number of nitrogens with one attached hydrogen (secondary N) is 1. The molecule has 2 aromatic rings. The average Bonchev–Trinajstić information content (AvgIpc) is 2.91. The van der Waals surface area contributed by atoms with E-state index < -0.39 is 10.0 Å². The van der Waals surface area contributed by atoms with Crippen LogP contribution in [0.4, 0.5) is 5.82 Å². The maximum absolute atomic E-state index is 12.5. The number of thiazole rings is 1. The molecule has 1 aliphatic heterocycles. The molecule has 0 bridgehead atoms. The van der Waals surface area contributed by atoms with E-state index in [1.807, 2.05) is 7.05 Å². The Morgan fingerprint density at radius 1 is 1.45 bits per heavy atom. The third-order valence-corrected chi connectivity index (χ3v) is 5.85. The van der Waals surface area contributed by atoms with Crippen molar-refractivity contribution >= 4 is 32.1 Å². The number of anilines is 1. The largest absolute Gasteiger partial charge is 0.381 e. The van der Waals surface area contributed by atoms with Crippen molar-refractivity contribution in [2.75, 3.05) is 25.9 Å². The predicted octanol–water partition coefficient (Wildman–Crippen LogP) is 0.350. The molecule has 1 aliphatic rings. The van der Waals surface area contributed by atoms with E-state index in [0.29, 0.717) is 4.96 Å². The van der Waals surface area contributed by atoms with Crippen LogP contribution in [0.2, 0.25) is 0 Å². The summed E-state index contributed by atoms with van der Waals surface area (Å²) in [6, 6.07) is -0.0419. The number of hydrogen-bond donors (Lipinski definition) is 2. The first-order valence-corrected chi connectivity index (χ1v) is 8.75. The highest BCUT2D eigenvalue weighted by Gasteiger charge is 2.28. The molecule has 9 heteroatoms. The van der Waals surface area contributed by atoms with Crippen molar-refractivity contribution in [1.82, 2.24) is 19.0 Å². The van der Waals surface area contributed by atoms with Gasteiger partial charge in [0.05, 0.1) is 0 Å². The van der Waals surface area contributed by atoms with Gasteiger partial charge in [0.1, 0.15) is 0 Å². The molecule has 0 unspecified atom stereocenters. The zero-order valence-electron chi connectivity index (χ0n) is 11.1. The number of nitrogen functional groups attached to an aromatic ring is 1. The van der Waals surface area contributed by atoms with E-state index in [9.17, 15) is 8.42 Å². The Morgan fingerprint density at radius 2 is 2.15 bits per heavy atom. The van der Waals surface area contributed by atoms with Crippen molar-refractivity contribution in [3.05, 3.63) is 11.6 Å². The zero-order chi connectivity index (χ0) is 14.3. The molecule has 0 aromatic carbocycles. The predicted molar refractivity (Wildman–Crippen MR) is 78.3 cm³/mol. The van der Waals surface area contributed by atoms with E-state index in [2.05, 4.69) is 14.6 Å². The minimum Gasteiger partial charge on any atom is -0.381 e. The molecule has 3 heterocycles. The number of nitrogens with two attached hydrogens (primary N) is 1. The molecule has 0 amide bonds. The van der Waals surface area contributed by atoms with Crippen molar-refractivity contribution in [2.45, 2.75) is 23.9 Å². The van der Waals surface area contributed by atoms with Gasteiger partial charge in [-0.25, -0.2) is 18.1 Å². The van der Waals surface area contributed by atoms with Crippen LogP contribution >= 0.6 is 11.3 Å². The molecule has 7 nitrogen and oxygen atoms in total. The van der Waals surface area contributed by atoms with Crippen LogP contribution in [-0.2, 0) is 10.0 Å². The van der Waals surface area contributed by atoms with Gasteiger partial charge in [0, 0.05) is 17.6 Å². The summed E-state index contributed by atoms with van der Waals surface area (Å²) in [5.74, 6) is 0.0530. The first-order valence-electron chi connectivity index (χ1n) is 6.39. The summed E-state index contributed by atoms with van der Waals surface area (Å²) in [6.07, 6.45) is 3.29. The third-order valence-electron chi connectivity index (χ3n) is 3.54. The zero-order valence-corrected chi connectivity index (χ0v) is 12.7. The van der Waals surface area contributed by atoms with Gasteiger partial charge in [0.2, 0.25) is 0 Å². The molecule has 110 valence electrons. The van der Waals surface area contributed by atoms with Crippen LogP contribution in [0, 0.1) is 0 Å². The van der Waals surface area contributed by atoms with Gasteiger partial charge < -0.3 is 10.6 Å². The molecule has 20 heavy (non-hydrogen) atoms. The second-order valence-corrected chi connectivity index (χ2v) is 7.56. The summed E-state index contributed by atoms with van der Waals surface area (Å²) in [7, 11) is -1.61. The van der Waals surface area contributed by atoms with Crippen LogP contribution in [0.1, 0.15) is 12.8 Å².